The van der Waals surface area contributed by atoms with Crippen LogP contribution in [0.4, 0.5) is 5.13 Å². The molecule has 1 aliphatic carbocycles. The zero-order valence-corrected chi connectivity index (χ0v) is 17.6. The number of nitrogens with zero attached hydrogens (tertiary/aromatic N) is 2. The van der Waals surface area contributed by atoms with Crippen LogP contribution in [0.5, 0.6) is 0 Å². The van der Waals surface area contributed by atoms with Crippen molar-refractivity contribution in [1.29, 1.82) is 0 Å². The van der Waals surface area contributed by atoms with Gasteiger partial charge in [0.1, 0.15) is 5.15 Å². The summed E-state index contributed by atoms with van der Waals surface area (Å²) in [6.07, 6.45) is 9.73. The zero-order valence-electron chi connectivity index (χ0n) is 16.0. The molecule has 150 valence electrons. The first-order valence-corrected chi connectivity index (χ1v) is 11.3. The lowest BCUT2D eigenvalue weighted by Gasteiger charge is -2.30. The fourth-order valence-electron chi connectivity index (χ4n) is 4.62. The van der Waals surface area contributed by atoms with Crippen molar-refractivity contribution < 1.29 is 9.53 Å². The van der Waals surface area contributed by atoms with Gasteiger partial charge in [0.2, 0.25) is 5.91 Å². The normalized spacial score (nSPS) is 24.2. The lowest BCUT2D eigenvalue weighted by atomic mass is 9.76. The molecule has 1 saturated carbocycles. The van der Waals surface area contributed by atoms with Crippen molar-refractivity contribution in [3.63, 3.8) is 0 Å². The molecule has 2 fully saturated rings. The molecular formula is C22H22ClN3O2S. The molecule has 3 heterocycles. The molecule has 0 spiro atoms. The third kappa shape index (κ3) is 3.54. The summed E-state index contributed by atoms with van der Waals surface area (Å²) in [7, 11) is 0. The summed E-state index contributed by atoms with van der Waals surface area (Å²) in [6.45, 7) is 0.676. The van der Waals surface area contributed by atoms with E-state index in [1.165, 1.54) is 17.8 Å². The van der Waals surface area contributed by atoms with E-state index in [0.717, 1.165) is 53.3 Å². The summed E-state index contributed by atoms with van der Waals surface area (Å²) in [5.74, 6) is 0.0687. The quantitative estimate of drug-likeness (QED) is 0.545. The van der Waals surface area contributed by atoms with Crippen LogP contribution >= 0.6 is 22.9 Å². The van der Waals surface area contributed by atoms with Crippen molar-refractivity contribution in [1.82, 2.24) is 9.97 Å². The minimum Gasteiger partial charge on any atom is -0.377 e. The van der Waals surface area contributed by atoms with Gasteiger partial charge < -0.3 is 10.1 Å². The average molecular weight is 428 g/mol. The summed E-state index contributed by atoms with van der Waals surface area (Å²) in [5.41, 5.74) is 0.655. The zero-order chi connectivity index (χ0) is 19.8. The second-order valence-corrected chi connectivity index (χ2v) is 9.34. The number of anilines is 1. The number of aromatic nitrogens is 2. The Morgan fingerprint density at radius 2 is 2.07 bits per heavy atom. The number of hydrogen-bond acceptors (Lipinski definition) is 5. The summed E-state index contributed by atoms with van der Waals surface area (Å²) in [4.78, 5) is 22.8. The highest BCUT2D eigenvalue weighted by molar-refractivity contribution is 7.19. The minimum absolute atomic E-state index is 0.0447. The fourth-order valence-corrected chi connectivity index (χ4v) is 5.60. The number of halogens is 1. The van der Waals surface area contributed by atoms with Crippen molar-refractivity contribution in [3.8, 4) is 10.4 Å². The molecule has 5 rings (SSSR count). The summed E-state index contributed by atoms with van der Waals surface area (Å²) in [6, 6.07) is 8.00. The van der Waals surface area contributed by atoms with Crippen LogP contribution in [-0.4, -0.2) is 28.6 Å². The van der Waals surface area contributed by atoms with Gasteiger partial charge in [-0.05, 0) is 42.3 Å². The van der Waals surface area contributed by atoms with Gasteiger partial charge in [-0.3, -0.25) is 4.79 Å². The Bertz CT molecular complexity index is 1070. The van der Waals surface area contributed by atoms with Crippen LogP contribution < -0.4 is 5.32 Å². The molecule has 0 bridgehead atoms. The number of fused-ring (bicyclic) bond motifs is 2. The third-order valence-corrected chi connectivity index (χ3v) is 7.39. The first kappa shape index (κ1) is 19.0. The second-order valence-electron chi connectivity index (χ2n) is 7.92. The van der Waals surface area contributed by atoms with Gasteiger partial charge in [0.15, 0.2) is 5.13 Å². The Morgan fingerprint density at radius 1 is 1.14 bits per heavy atom. The van der Waals surface area contributed by atoms with Crippen molar-refractivity contribution >= 4 is 44.7 Å². The van der Waals surface area contributed by atoms with Crippen LogP contribution in [0.1, 0.15) is 38.5 Å². The number of carbonyl (C=O) groups excluding carboxylic acids is 1. The molecule has 3 aromatic rings. The molecule has 0 radical (unpaired) electrons. The van der Waals surface area contributed by atoms with Crippen LogP contribution in [0.3, 0.4) is 0 Å². The Kier molecular flexibility index (Phi) is 5.02. The van der Waals surface area contributed by atoms with Crippen LogP contribution in [0, 0.1) is 5.41 Å². The van der Waals surface area contributed by atoms with E-state index in [0.29, 0.717) is 16.9 Å². The maximum Gasteiger partial charge on any atom is 0.235 e. The predicted octanol–water partition coefficient (Wildman–Crippen LogP) is 5.69. The average Bonchev–Trinajstić information content (AvgIpc) is 3.30. The van der Waals surface area contributed by atoms with Gasteiger partial charge in [0, 0.05) is 24.4 Å². The molecule has 2 aliphatic rings. The summed E-state index contributed by atoms with van der Waals surface area (Å²) >= 11 is 7.52. The van der Waals surface area contributed by atoms with Gasteiger partial charge in [-0.2, -0.15) is 0 Å². The number of hydrogen-bond donors (Lipinski definition) is 1. The monoisotopic (exact) mass is 427 g/mol. The van der Waals surface area contributed by atoms with Gasteiger partial charge >= 0.3 is 0 Å². The Labute approximate surface area is 178 Å². The van der Waals surface area contributed by atoms with Gasteiger partial charge in [-0.25, -0.2) is 9.97 Å². The first-order chi connectivity index (χ1) is 14.1. The lowest BCUT2D eigenvalue weighted by molar-refractivity contribution is -0.129. The highest BCUT2D eigenvalue weighted by Crippen LogP contribution is 2.45. The van der Waals surface area contributed by atoms with E-state index in [-0.39, 0.29) is 12.0 Å². The smallest absolute Gasteiger partial charge is 0.235 e. The largest absolute Gasteiger partial charge is 0.377 e. The Morgan fingerprint density at radius 3 is 3.00 bits per heavy atom. The van der Waals surface area contributed by atoms with E-state index in [2.05, 4.69) is 21.4 Å². The first-order valence-electron chi connectivity index (χ1n) is 10.1. The molecule has 5 nitrogen and oxygen atoms in total. The molecule has 1 aromatic carbocycles. The molecule has 1 amide bonds. The van der Waals surface area contributed by atoms with E-state index in [9.17, 15) is 4.79 Å². The molecule has 1 aliphatic heterocycles. The molecule has 1 saturated heterocycles. The van der Waals surface area contributed by atoms with Gasteiger partial charge in [-0.1, -0.05) is 54.3 Å². The van der Waals surface area contributed by atoms with E-state index < -0.39 is 5.41 Å². The van der Waals surface area contributed by atoms with E-state index in [1.54, 1.807) is 6.20 Å². The highest BCUT2D eigenvalue weighted by atomic mass is 35.5. The highest BCUT2D eigenvalue weighted by Gasteiger charge is 2.50. The number of benzene rings is 1. The topological polar surface area (TPSA) is 64.1 Å². The van der Waals surface area contributed by atoms with E-state index >= 15 is 0 Å². The Balaban J connectivity index is 1.38. The van der Waals surface area contributed by atoms with E-state index in [1.807, 2.05) is 24.4 Å². The minimum atomic E-state index is -0.394. The number of carbonyl (C=O) groups is 1. The molecule has 1 N–H and O–H groups in total. The van der Waals surface area contributed by atoms with Crippen molar-refractivity contribution in [2.45, 2.75) is 44.6 Å². The van der Waals surface area contributed by atoms with Crippen LogP contribution in [0.25, 0.3) is 21.2 Å². The maximum absolute atomic E-state index is 13.2. The van der Waals surface area contributed by atoms with Crippen molar-refractivity contribution in [2.24, 2.45) is 5.41 Å². The molecule has 2 aromatic heterocycles. The predicted molar refractivity (Wildman–Crippen MR) is 116 cm³/mol. The number of amides is 1. The van der Waals surface area contributed by atoms with E-state index in [4.69, 9.17) is 16.3 Å². The molecule has 0 unspecified atom stereocenters. The van der Waals surface area contributed by atoms with Crippen LogP contribution in [-0.2, 0) is 9.53 Å². The van der Waals surface area contributed by atoms with Gasteiger partial charge in [0.25, 0.3) is 0 Å². The van der Waals surface area contributed by atoms with Gasteiger partial charge in [-0.15, -0.1) is 0 Å². The number of rotatable bonds is 3. The second kappa shape index (κ2) is 7.67. The molecule has 2 atom stereocenters. The van der Waals surface area contributed by atoms with Crippen molar-refractivity contribution in [3.05, 3.63) is 41.8 Å². The number of ether oxygens (including phenoxy) is 1. The number of nitrogens with one attached hydrogen (secondary N) is 1. The van der Waals surface area contributed by atoms with Crippen molar-refractivity contribution in [2.75, 3.05) is 11.9 Å². The number of pyridine rings is 1. The van der Waals surface area contributed by atoms with Gasteiger partial charge in [0.05, 0.1) is 16.4 Å². The Hall–Kier alpha value is -2.02. The van der Waals surface area contributed by atoms with Crippen LogP contribution in [0.2, 0.25) is 5.15 Å². The molecule has 29 heavy (non-hydrogen) atoms. The molecule has 7 heteroatoms. The summed E-state index contributed by atoms with van der Waals surface area (Å²) < 4.78 is 5.93. The third-order valence-electron chi connectivity index (χ3n) is 6.22. The fraction of sp³-hybridized carbons (Fsp3) is 0.409. The standard InChI is InChI=1S/C22H22ClN3O2S/c23-19-11-16-10-14(5-6-15(16)12-24-19)17-13-25-21(29-17)26-20(27)22-7-3-1-2-4-18(22)28-9-8-22/h5-6,10-13,18H,1-4,7-9H2,(H,25,26,27)/t18-,22-/m1/s1. The lowest BCUT2D eigenvalue weighted by Crippen LogP contribution is -2.42. The van der Waals surface area contributed by atoms with Crippen LogP contribution in [0.15, 0.2) is 36.7 Å². The SMILES string of the molecule is O=C(Nc1ncc(-c2ccc3cnc(Cl)cc3c2)s1)[C@@]12CCCCC[C@H]1OCC2. The molecular weight excluding hydrogens is 406 g/mol. The maximum atomic E-state index is 13.2. The summed E-state index contributed by atoms with van der Waals surface area (Å²) in [5, 5.41) is 6.28. The number of thiazole rings is 1.